The summed E-state index contributed by atoms with van der Waals surface area (Å²) in [5, 5.41) is 3.56. The van der Waals surface area contributed by atoms with Crippen LogP contribution in [0.2, 0.25) is 0 Å². The molecule has 0 amide bonds. The van der Waals surface area contributed by atoms with Gasteiger partial charge >= 0.3 is 0 Å². The van der Waals surface area contributed by atoms with Crippen molar-refractivity contribution in [3.63, 3.8) is 0 Å². The number of likely N-dealkylation sites (N-methyl/N-ethyl adjacent to an activating group) is 1. The van der Waals surface area contributed by atoms with Gasteiger partial charge in [0.25, 0.3) is 0 Å². The van der Waals surface area contributed by atoms with E-state index in [1.54, 1.807) is 0 Å². The second-order valence-electron chi connectivity index (χ2n) is 4.90. The number of nitrogens with zero attached hydrogens (tertiary/aromatic N) is 3. The maximum atomic E-state index is 4.35. The molecular weight excluding hydrogens is 200 g/mol. The number of aryl methyl sites for hydroxylation is 1. The number of rotatable bonds is 6. The van der Waals surface area contributed by atoms with Gasteiger partial charge in [-0.05, 0) is 26.8 Å². The first-order valence-electron chi connectivity index (χ1n) is 6.06. The van der Waals surface area contributed by atoms with Gasteiger partial charge < -0.3 is 9.88 Å². The molecule has 0 aliphatic heterocycles. The zero-order valence-electron chi connectivity index (χ0n) is 10.5. The highest BCUT2D eigenvalue weighted by atomic mass is 15.2. The predicted octanol–water partition coefficient (Wildman–Crippen LogP) is 0.992. The van der Waals surface area contributed by atoms with Crippen LogP contribution in [0, 0.1) is 0 Å². The van der Waals surface area contributed by atoms with Gasteiger partial charge in [-0.2, -0.15) is 0 Å². The van der Waals surface area contributed by atoms with Crippen LogP contribution in [-0.2, 0) is 13.6 Å². The smallest absolute Gasteiger partial charge is 0.122 e. The maximum absolute atomic E-state index is 4.35. The Balaban J connectivity index is 1.77. The Morgan fingerprint density at radius 2 is 2.38 bits per heavy atom. The Kier molecular flexibility index (Phi) is 3.61. The van der Waals surface area contributed by atoms with Crippen molar-refractivity contribution in [3.05, 3.63) is 18.2 Å². The molecule has 0 bridgehead atoms. The fourth-order valence-corrected chi connectivity index (χ4v) is 1.71. The van der Waals surface area contributed by atoms with Crippen LogP contribution in [-0.4, -0.2) is 40.1 Å². The van der Waals surface area contributed by atoms with Gasteiger partial charge in [0.15, 0.2) is 0 Å². The first kappa shape index (κ1) is 11.6. The lowest BCUT2D eigenvalue weighted by Crippen LogP contribution is -2.38. The highest BCUT2D eigenvalue weighted by Crippen LogP contribution is 2.18. The van der Waals surface area contributed by atoms with Crippen molar-refractivity contribution in [1.29, 1.82) is 0 Å². The Bertz CT molecular complexity index is 330. The van der Waals surface area contributed by atoms with E-state index in [2.05, 4.69) is 33.7 Å². The summed E-state index contributed by atoms with van der Waals surface area (Å²) in [6.45, 7) is 4.25. The molecule has 1 N–H and O–H groups in total. The summed E-state index contributed by atoms with van der Waals surface area (Å²) >= 11 is 0. The summed E-state index contributed by atoms with van der Waals surface area (Å²) in [5.41, 5.74) is 0. The number of hydrogen-bond donors (Lipinski definition) is 1. The molecule has 1 unspecified atom stereocenters. The van der Waals surface area contributed by atoms with E-state index in [0.29, 0.717) is 6.04 Å². The van der Waals surface area contributed by atoms with Crippen LogP contribution in [0.3, 0.4) is 0 Å². The molecule has 1 aromatic heterocycles. The molecule has 16 heavy (non-hydrogen) atoms. The molecule has 1 heterocycles. The van der Waals surface area contributed by atoms with E-state index in [4.69, 9.17) is 0 Å². The monoisotopic (exact) mass is 222 g/mol. The lowest BCUT2D eigenvalue weighted by atomic mass is 10.3. The van der Waals surface area contributed by atoms with E-state index in [9.17, 15) is 0 Å². The van der Waals surface area contributed by atoms with Crippen LogP contribution in [0.5, 0.6) is 0 Å². The summed E-state index contributed by atoms with van der Waals surface area (Å²) in [6.07, 6.45) is 6.57. The average molecular weight is 222 g/mol. The zero-order valence-corrected chi connectivity index (χ0v) is 10.5. The van der Waals surface area contributed by atoms with Gasteiger partial charge in [0, 0.05) is 38.1 Å². The molecule has 1 atom stereocenters. The molecule has 0 saturated heterocycles. The topological polar surface area (TPSA) is 33.1 Å². The van der Waals surface area contributed by atoms with E-state index < -0.39 is 0 Å². The highest BCUT2D eigenvalue weighted by molar-refractivity contribution is 4.91. The van der Waals surface area contributed by atoms with E-state index in [0.717, 1.165) is 25.0 Å². The molecule has 0 radical (unpaired) electrons. The number of imidazole rings is 1. The van der Waals surface area contributed by atoms with E-state index in [-0.39, 0.29) is 0 Å². The van der Waals surface area contributed by atoms with Crippen LogP contribution in [0.4, 0.5) is 0 Å². The third-order valence-electron chi connectivity index (χ3n) is 3.34. The third kappa shape index (κ3) is 3.06. The van der Waals surface area contributed by atoms with Crippen molar-refractivity contribution in [1.82, 2.24) is 19.8 Å². The second-order valence-corrected chi connectivity index (χ2v) is 4.90. The first-order chi connectivity index (χ1) is 7.66. The standard InChI is InChI=1S/C12H22N4/c1-10(8-14-11-4-5-11)16(3)9-12-13-6-7-15(12)2/h6-7,10-11,14H,4-5,8-9H2,1-3H3. The van der Waals surface area contributed by atoms with Crippen molar-refractivity contribution in [3.8, 4) is 0 Å². The number of hydrogen-bond acceptors (Lipinski definition) is 3. The molecule has 90 valence electrons. The van der Waals surface area contributed by atoms with Crippen molar-refractivity contribution in [2.24, 2.45) is 7.05 Å². The average Bonchev–Trinajstić information content (AvgIpc) is 3.01. The normalized spacial score (nSPS) is 18.0. The van der Waals surface area contributed by atoms with Gasteiger partial charge in [0.05, 0.1) is 6.54 Å². The Morgan fingerprint density at radius 1 is 1.62 bits per heavy atom. The van der Waals surface area contributed by atoms with Gasteiger partial charge in [0.2, 0.25) is 0 Å². The first-order valence-corrected chi connectivity index (χ1v) is 6.06. The summed E-state index contributed by atoms with van der Waals surface area (Å²) in [7, 11) is 4.21. The van der Waals surface area contributed by atoms with Crippen LogP contribution in [0.25, 0.3) is 0 Å². The fourth-order valence-electron chi connectivity index (χ4n) is 1.71. The molecular formula is C12H22N4. The minimum Gasteiger partial charge on any atom is -0.337 e. The quantitative estimate of drug-likeness (QED) is 0.779. The summed E-state index contributed by atoms with van der Waals surface area (Å²) in [6, 6.07) is 1.35. The van der Waals surface area contributed by atoms with Crippen LogP contribution >= 0.6 is 0 Å². The number of nitrogens with one attached hydrogen (secondary N) is 1. The van der Waals surface area contributed by atoms with Crippen molar-refractivity contribution in [2.75, 3.05) is 13.6 Å². The van der Waals surface area contributed by atoms with Gasteiger partial charge in [-0.25, -0.2) is 4.98 Å². The molecule has 1 fully saturated rings. The van der Waals surface area contributed by atoms with Crippen LogP contribution in [0.15, 0.2) is 12.4 Å². The summed E-state index contributed by atoms with van der Waals surface area (Å²) < 4.78 is 2.08. The summed E-state index contributed by atoms with van der Waals surface area (Å²) in [5.74, 6) is 1.13. The Labute approximate surface area is 97.7 Å². The molecule has 4 heteroatoms. The van der Waals surface area contributed by atoms with Crippen LogP contribution in [0.1, 0.15) is 25.6 Å². The third-order valence-corrected chi connectivity index (χ3v) is 3.34. The van der Waals surface area contributed by atoms with Gasteiger partial charge in [-0.1, -0.05) is 0 Å². The highest BCUT2D eigenvalue weighted by Gasteiger charge is 2.21. The van der Waals surface area contributed by atoms with Crippen LogP contribution < -0.4 is 5.32 Å². The predicted molar refractivity (Wildman–Crippen MR) is 65.2 cm³/mol. The molecule has 1 aliphatic rings. The van der Waals surface area contributed by atoms with Gasteiger partial charge in [0.1, 0.15) is 5.82 Å². The Hall–Kier alpha value is -0.870. The molecule has 4 nitrogen and oxygen atoms in total. The maximum Gasteiger partial charge on any atom is 0.122 e. The minimum atomic E-state index is 0.553. The molecule has 1 aromatic rings. The molecule has 1 aliphatic carbocycles. The molecule has 0 spiro atoms. The Morgan fingerprint density at radius 3 is 2.94 bits per heavy atom. The van der Waals surface area contributed by atoms with E-state index >= 15 is 0 Å². The molecule has 0 aromatic carbocycles. The SMILES string of the molecule is CC(CNC1CC1)N(C)Cc1nccn1C. The van der Waals surface area contributed by atoms with E-state index in [1.165, 1.54) is 12.8 Å². The van der Waals surface area contributed by atoms with E-state index in [1.807, 2.05) is 19.4 Å². The minimum absolute atomic E-state index is 0.553. The molecule has 1 saturated carbocycles. The lowest BCUT2D eigenvalue weighted by molar-refractivity contribution is 0.235. The summed E-state index contributed by atoms with van der Waals surface area (Å²) in [4.78, 5) is 6.69. The molecule has 2 rings (SSSR count). The fraction of sp³-hybridized carbons (Fsp3) is 0.750. The lowest BCUT2D eigenvalue weighted by Gasteiger charge is -2.24. The second kappa shape index (κ2) is 4.97. The van der Waals surface area contributed by atoms with Crippen molar-refractivity contribution < 1.29 is 0 Å². The van der Waals surface area contributed by atoms with Gasteiger partial charge in [-0.15, -0.1) is 0 Å². The number of aromatic nitrogens is 2. The largest absolute Gasteiger partial charge is 0.337 e. The van der Waals surface area contributed by atoms with Crippen molar-refractivity contribution >= 4 is 0 Å². The van der Waals surface area contributed by atoms with Crippen molar-refractivity contribution in [2.45, 2.75) is 38.4 Å². The zero-order chi connectivity index (χ0) is 11.5. The van der Waals surface area contributed by atoms with Gasteiger partial charge in [-0.3, -0.25) is 4.90 Å².